The van der Waals surface area contributed by atoms with Gasteiger partial charge in [0.1, 0.15) is 5.75 Å². The fourth-order valence-electron chi connectivity index (χ4n) is 1.76. The van der Waals surface area contributed by atoms with Crippen LogP contribution in [-0.4, -0.2) is 19.5 Å². The van der Waals surface area contributed by atoms with E-state index in [0.717, 1.165) is 16.9 Å². The highest BCUT2D eigenvalue weighted by Crippen LogP contribution is 2.22. The Kier molecular flexibility index (Phi) is 4.68. The van der Waals surface area contributed by atoms with Crippen molar-refractivity contribution in [1.29, 1.82) is 0 Å². The molecule has 0 amide bonds. The minimum absolute atomic E-state index is 0.628. The zero-order chi connectivity index (χ0) is 14.4. The number of aromatic nitrogens is 1. The van der Waals surface area contributed by atoms with E-state index in [9.17, 15) is 0 Å². The summed E-state index contributed by atoms with van der Waals surface area (Å²) in [7, 11) is -1.59. The molecule has 0 saturated carbocycles. The van der Waals surface area contributed by atoms with Crippen LogP contribution in [-0.2, 0) is 6.54 Å². The van der Waals surface area contributed by atoms with Crippen molar-refractivity contribution >= 4 is 14.5 Å². The maximum Gasteiger partial charge on any atom is 0.242 e. The molecule has 0 atom stereocenters. The van der Waals surface area contributed by atoms with Gasteiger partial charge in [0.25, 0.3) is 0 Å². The SMILES string of the molecule is C[Si](C)(C)Oc1ccccc1CN=Cc1ccncc1. The molecule has 1 aromatic carbocycles. The molecule has 1 heterocycles. The van der Waals surface area contributed by atoms with Gasteiger partial charge in [-0.15, -0.1) is 0 Å². The van der Waals surface area contributed by atoms with Gasteiger partial charge in [-0.05, 0) is 43.4 Å². The highest BCUT2D eigenvalue weighted by molar-refractivity contribution is 6.70. The van der Waals surface area contributed by atoms with Crippen molar-refractivity contribution in [2.75, 3.05) is 0 Å². The molecule has 0 aliphatic rings. The van der Waals surface area contributed by atoms with Gasteiger partial charge in [0.2, 0.25) is 8.32 Å². The average Bonchev–Trinajstić information content (AvgIpc) is 2.40. The smallest absolute Gasteiger partial charge is 0.242 e. The number of aliphatic imine (C=N–C) groups is 1. The van der Waals surface area contributed by atoms with Crippen LogP contribution in [0.15, 0.2) is 53.8 Å². The first-order valence-corrected chi connectivity index (χ1v) is 10.1. The largest absolute Gasteiger partial charge is 0.544 e. The summed E-state index contributed by atoms with van der Waals surface area (Å²) in [5.74, 6) is 0.957. The van der Waals surface area contributed by atoms with Crippen LogP contribution >= 0.6 is 0 Å². The predicted molar refractivity (Wildman–Crippen MR) is 86.0 cm³/mol. The molecule has 2 aromatic rings. The minimum atomic E-state index is -1.59. The molecule has 0 aliphatic heterocycles. The first kappa shape index (κ1) is 14.5. The number of rotatable bonds is 5. The number of benzene rings is 1. The van der Waals surface area contributed by atoms with Crippen molar-refractivity contribution in [3.63, 3.8) is 0 Å². The average molecular weight is 284 g/mol. The summed E-state index contributed by atoms with van der Waals surface area (Å²) in [4.78, 5) is 8.47. The van der Waals surface area contributed by atoms with Crippen LogP contribution in [0.25, 0.3) is 0 Å². The Hall–Kier alpha value is -1.94. The standard InChI is InChI=1S/C16H20N2OSi/c1-20(2,3)19-16-7-5-4-6-15(16)13-18-12-14-8-10-17-11-9-14/h4-12H,13H2,1-3H3. The van der Waals surface area contributed by atoms with Crippen molar-refractivity contribution in [1.82, 2.24) is 4.98 Å². The second-order valence-electron chi connectivity index (χ2n) is 5.57. The van der Waals surface area contributed by atoms with Gasteiger partial charge >= 0.3 is 0 Å². The number of nitrogens with zero attached hydrogens (tertiary/aromatic N) is 2. The Bertz CT molecular complexity index is 577. The van der Waals surface area contributed by atoms with Gasteiger partial charge in [-0.1, -0.05) is 18.2 Å². The lowest BCUT2D eigenvalue weighted by atomic mass is 10.2. The monoisotopic (exact) mass is 284 g/mol. The summed E-state index contributed by atoms with van der Waals surface area (Å²) in [6.07, 6.45) is 5.40. The molecule has 0 aliphatic carbocycles. The van der Waals surface area contributed by atoms with Gasteiger partial charge in [0.15, 0.2) is 0 Å². The van der Waals surface area contributed by atoms with Crippen LogP contribution in [0.3, 0.4) is 0 Å². The Morgan fingerprint density at radius 2 is 1.80 bits per heavy atom. The number of pyridine rings is 1. The molecule has 104 valence electrons. The maximum absolute atomic E-state index is 6.09. The predicted octanol–water partition coefficient (Wildman–Crippen LogP) is 3.91. The van der Waals surface area contributed by atoms with E-state index in [1.54, 1.807) is 12.4 Å². The second-order valence-corrected chi connectivity index (χ2v) is 10.0. The minimum Gasteiger partial charge on any atom is -0.544 e. The van der Waals surface area contributed by atoms with Crippen LogP contribution in [0.4, 0.5) is 0 Å². The number of hydrogen-bond donors (Lipinski definition) is 0. The summed E-state index contributed by atoms with van der Waals surface area (Å²) in [5.41, 5.74) is 2.18. The molecule has 0 saturated heterocycles. The van der Waals surface area contributed by atoms with E-state index in [2.05, 4.69) is 35.7 Å². The molecule has 3 nitrogen and oxygen atoms in total. The van der Waals surface area contributed by atoms with E-state index in [4.69, 9.17) is 4.43 Å². The Labute approximate surface area is 121 Å². The fourth-order valence-corrected chi connectivity index (χ4v) is 2.62. The molecule has 0 bridgehead atoms. The molecule has 4 heteroatoms. The van der Waals surface area contributed by atoms with Crippen molar-refractivity contribution in [2.45, 2.75) is 26.2 Å². The van der Waals surface area contributed by atoms with Gasteiger partial charge in [0, 0.05) is 24.2 Å². The lowest BCUT2D eigenvalue weighted by molar-refractivity contribution is 0.549. The van der Waals surface area contributed by atoms with Crippen LogP contribution < -0.4 is 4.43 Å². The third-order valence-electron chi connectivity index (χ3n) is 2.60. The lowest BCUT2D eigenvalue weighted by Crippen LogP contribution is -2.29. The first-order chi connectivity index (χ1) is 9.54. The first-order valence-electron chi connectivity index (χ1n) is 6.71. The molecule has 0 unspecified atom stereocenters. The van der Waals surface area contributed by atoms with Gasteiger partial charge < -0.3 is 4.43 Å². The zero-order valence-corrected chi connectivity index (χ0v) is 13.2. The number of hydrogen-bond acceptors (Lipinski definition) is 3. The maximum atomic E-state index is 6.09. The van der Waals surface area contributed by atoms with E-state index < -0.39 is 8.32 Å². The van der Waals surface area contributed by atoms with Crippen LogP contribution in [0, 0.1) is 0 Å². The van der Waals surface area contributed by atoms with Crippen molar-refractivity contribution in [2.24, 2.45) is 4.99 Å². The summed E-state index contributed by atoms with van der Waals surface area (Å²) in [5, 5.41) is 0. The molecule has 0 spiro atoms. The molecule has 1 aromatic heterocycles. The van der Waals surface area contributed by atoms with E-state index in [1.165, 1.54) is 0 Å². The Morgan fingerprint density at radius 3 is 2.50 bits per heavy atom. The number of para-hydroxylation sites is 1. The highest BCUT2D eigenvalue weighted by Gasteiger charge is 2.17. The van der Waals surface area contributed by atoms with E-state index >= 15 is 0 Å². The van der Waals surface area contributed by atoms with Crippen molar-refractivity contribution < 1.29 is 4.43 Å². The molecule has 0 N–H and O–H groups in total. The van der Waals surface area contributed by atoms with Crippen molar-refractivity contribution in [3.05, 3.63) is 59.9 Å². The lowest BCUT2D eigenvalue weighted by Gasteiger charge is -2.21. The molecule has 0 radical (unpaired) electrons. The normalized spacial score (nSPS) is 11.8. The van der Waals surface area contributed by atoms with Gasteiger partial charge in [0.05, 0.1) is 6.54 Å². The van der Waals surface area contributed by atoms with E-state index in [-0.39, 0.29) is 0 Å². The quantitative estimate of drug-likeness (QED) is 0.616. The molecule has 2 rings (SSSR count). The van der Waals surface area contributed by atoms with Crippen LogP contribution in [0.5, 0.6) is 5.75 Å². The van der Waals surface area contributed by atoms with E-state index in [1.807, 2.05) is 36.5 Å². The van der Waals surface area contributed by atoms with Gasteiger partial charge in [-0.25, -0.2) is 0 Å². The third kappa shape index (κ3) is 4.62. The third-order valence-corrected chi connectivity index (χ3v) is 3.43. The Balaban J connectivity index is 2.08. The van der Waals surface area contributed by atoms with Crippen molar-refractivity contribution in [3.8, 4) is 5.75 Å². The summed E-state index contributed by atoms with van der Waals surface area (Å²) in [6, 6.07) is 12.0. The topological polar surface area (TPSA) is 34.5 Å². The van der Waals surface area contributed by atoms with Gasteiger partial charge in [-0.3, -0.25) is 9.98 Å². The van der Waals surface area contributed by atoms with E-state index in [0.29, 0.717) is 6.54 Å². The second kappa shape index (κ2) is 6.48. The summed E-state index contributed by atoms with van der Waals surface area (Å²) >= 11 is 0. The molecular weight excluding hydrogens is 264 g/mol. The zero-order valence-electron chi connectivity index (χ0n) is 12.2. The van der Waals surface area contributed by atoms with Crippen LogP contribution in [0.2, 0.25) is 19.6 Å². The molecule has 0 fully saturated rings. The summed E-state index contributed by atoms with van der Waals surface area (Å²) in [6.45, 7) is 7.18. The summed E-state index contributed by atoms with van der Waals surface area (Å²) < 4.78 is 6.09. The van der Waals surface area contributed by atoms with Crippen LogP contribution in [0.1, 0.15) is 11.1 Å². The van der Waals surface area contributed by atoms with Gasteiger partial charge in [-0.2, -0.15) is 0 Å². The molecule has 20 heavy (non-hydrogen) atoms. The Morgan fingerprint density at radius 1 is 1.10 bits per heavy atom. The highest BCUT2D eigenvalue weighted by atomic mass is 28.4. The molecular formula is C16H20N2OSi. The fraction of sp³-hybridized carbons (Fsp3) is 0.250.